The summed E-state index contributed by atoms with van der Waals surface area (Å²) in [6, 6.07) is 12.4. The van der Waals surface area contributed by atoms with Crippen LogP contribution in [0.4, 0.5) is 0 Å². The third-order valence-corrected chi connectivity index (χ3v) is 11.5. The average Bonchev–Trinajstić information content (AvgIpc) is 3.70. The lowest BCUT2D eigenvalue weighted by molar-refractivity contribution is -0.147. The van der Waals surface area contributed by atoms with Gasteiger partial charge in [0.25, 0.3) is 0 Å². The number of nitrogens with two attached hydrogens (primary N) is 1. The highest BCUT2D eigenvalue weighted by molar-refractivity contribution is 7.89. The number of carbonyl (C=O) groups excluding carboxylic acids is 2. The molecular weight excluding hydrogens is 522 g/mol. The van der Waals surface area contributed by atoms with E-state index in [9.17, 15) is 18.0 Å². The summed E-state index contributed by atoms with van der Waals surface area (Å²) in [5.74, 6) is 0.486. The van der Waals surface area contributed by atoms with Crippen LogP contribution < -0.4 is 11.1 Å². The summed E-state index contributed by atoms with van der Waals surface area (Å²) in [5, 5.41) is 3.84. The van der Waals surface area contributed by atoms with E-state index in [1.54, 1.807) is 12.1 Å². The summed E-state index contributed by atoms with van der Waals surface area (Å²) < 4.78 is 28.8. The lowest BCUT2D eigenvalue weighted by Crippen LogP contribution is -2.62. The van der Waals surface area contributed by atoms with Gasteiger partial charge in [0.1, 0.15) is 0 Å². The van der Waals surface area contributed by atoms with E-state index < -0.39 is 15.4 Å². The zero-order valence-corrected chi connectivity index (χ0v) is 23.1. The number of nitrogens with zero attached hydrogens (tertiary/aromatic N) is 1. The van der Waals surface area contributed by atoms with Gasteiger partial charge in [-0.25, -0.2) is 8.42 Å². The molecule has 2 atom stereocenters. The first-order valence-electron chi connectivity index (χ1n) is 13.5. The lowest BCUT2D eigenvalue weighted by Gasteiger charge is -2.58. The average molecular weight is 556 g/mol. The number of aryl methyl sites for hydroxylation is 1. The molecule has 7 nitrogen and oxygen atoms in total. The van der Waals surface area contributed by atoms with E-state index in [-0.39, 0.29) is 47.2 Å². The minimum atomic E-state index is -3.85. The van der Waals surface area contributed by atoms with E-state index in [1.165, 1.54) is 4.31 Å². The molecule has 2 aromatic rings. The van der Waals surface area contributed by atoms with Crippen molar-refractivity contribution in [2.24, 2.45) is 28.9 Å². The van der Waals surface area contributed by atoms with Crippen molar-refractivity contribution in [1.82, 2.24) is 9.62 Å². The van der Waals surface area contributed by atoms with Gasteiger partial charge >= 0.3 is 0 Å². The Morgan fingerprint density at radius 1 is 1.05 bits per heavy atom. The minimum Gasteiger partial charge on any atom is -0.369 e. The summed E-state index contributed by atoms with van der Waals surface area (Å²) in [7, 11) is -3.85. The van der Waals surface area contributed by atoms with Gasteiger partial charge in [0.15, 0.2) is 0 Å². The van der Waals surface area contributed by atoms with Crippen molar-refractivity contribution in [3.63, 3.8) is 0 Å². The van der Waals surface area contributed by atoms with Gasteiger partial charge in [-0.3, -0.25) is 9.59 Å². The first kappa shape index (κ1) is 25.8. The highest BCUT2D eigenvalue weighted by atomic mass is 35.5. The predicted molar refractivity (Wildman–Crippen MR) is 146 cm³/mol. The Morgan fingerprint density at radius 2 is 1.71 bits per heavy atom. The number of halogens is 1. The van der Waals surface area contributed by atoms with Gasteiger partial charge in [-0.1, -0.05) is 29.8 Å². The summed E-state index contributed by atoms with van der Waals surface area (Å²) >= 11 is 6.02. The minimum absolute atomic E-state index is 0.0174. The van der Waals surface area contributed by atoms with Crippen LogP contribution in [-0.4, -0.2) is 43.2 Å². The largest absolute Gasteiger partial charge is 0.369 e. The Morgan fingerprint density at radius 3 is 2.29 bits per heavy atom. The van der Waals surface area contributed by atoms with E-state index in [2.05, 4.69) is 5.32 Å². The van der Waals surface area contributed by atoms with Crippen LogP contribution in [0.5, 0.6) is 0 Å². The standard InChI is InChI=1S/C29H34ClN3O4S/c1-17-10-24(8-9-25(17)19-2-4-22(30)5-3-19)38(36,37)33(23-6-7-23)16-26(34)32-27-20-11-18-12-21(27)15-29(13-18,14-20)28(31)35/h2-5,8-10,18,20-21,23,27H,6-7,11-16H2,1H3,(H2,31,35)(H,32,34). The SMILES string of the molecule is Cc1cc(S(=O)(=O)N(CC(=O)NC2C3CC4CC2CC(C(N)=O)(C4)C3)C2CC2)ccc1-c1ccc(Cl)cc1. The normalized spacial score (nSPS) is 30.0. The second-order valence-corrected chi connectivity index (χ2v) is 14.3. The molecule has 0 radical (unpaired) electrons. The van der Waals surface area contributed by atoms with E-state index in [0.29, 0.717) is 10.9 Å². The number of hydrogen-bond donors (Lipinski definition) is 2. The van der Waals surface area contributed by atoms with Crippen LogP contribution >= 0.6 is 11.6 Å². The highest BCUT2D eigenvalue weighted by Gasteiger charge is 2.58. The highest BCUT2D eigenvalue weighted by Crippen LogP contribution is 2.59. The number of nitrogens with one attached hydrogen (secondary N) is 1. The Bertz CT molecular complexity index is 1370. The molecule has 5 aliphatic carbocycles. The topological polar surface area (TPSA) is 110 Å². The molecule has 9 heteroatoms. The van der Waals surface area contributed by atoms with Crippen LogP contribution in [-0.2, 0) is 19.6 Å². The number of amides is 2. The number of rotatable bonds is 8. The molecule has 0 saturated heterocycles. The summed E-state index contributed by atoms with van der Waals surface area (Å²) in [6.45, 7) is 1.70. The van der Waals surface area contributed by atoms with Crippen LogP contribution in [0, 0.1) is 30.1 Å². The van der Waals surface area contributed by atoms with Crippen molar-refractivity contribution < 1.29 is 18.0 Å². The van der Waals surface area contributed by atoms with Gasteiger partial charge < -0.3 is 11.1 Å². The van der Waals surface area contributed by atoms with Gasteiger partial charge in [-0.05, 0) is 111 Å². The fourth-order valence-corrected chi connectivity index (χ4v) is 9.45. The van der Waals surface area contributed by atoms with Crippen molar-refractivity contribution in [3.05, 3.63) is 53.1 Å². The molecule has 2 unspecified atom stereocenters. The second-order valence-electron chi connectivity index (χ2n) is 12.0. The molecule has 0 spiro atoms. The lowest BCUT2D eigenvalue weighted by atomic mass is 9.47. The molecule has 2 amide bonds. The van der Waals surface area contributed by atoms with Crippen LogP contribution in [0.25, 0.3) is 11.1 Å². The third kappa shape index (κ3) is 4.54. The fourth-order valence-electron chi connectivity index (χ4n) is 7.59. The molecule has 7 rings (SSSR count). The van der Waals surface area contributed by atoms with Crippen LogP contribution in [0.3, 0.4) is 0 Å². The molecule has 3 N–H and O–H groups in total. The number of benzene rings is 2. The van der Waals surface area contributed by atoms with Crippen molar-refractivity contribution in [3.8, 4) is 11.1 Å². The van der Waals surface area contributed by atoms with Crippen molar-refractivity contribution in [2.75, 3.05) is 6.54 Å². The van der Waals surface area contributed by atoms with E-state index in [1.807, 2.05) is 37.3 Å². The Balaban J connectivity index is 1.18. The molecule has 0 heterocycles. The van der Waals surface area contributed by atoms with Crippen LogP contribution in [0.2, 0.25) is 5.02 Å². The summed E-state index contributed by atoms with van der Waals surface area (Å²) in [4.78, 5) is 25.7. The van der Waals surface area contributed by atoms with Crippen LogP contribution in [0.1, 0.15) is 50.5 Å². The Kier molecular flexibility index (Phi) is 6.36. The summed E-state index contributed by atoms with van der Waals surface area (Å²) in [6.07, 6.45) is 5.84. The predicted octanol–water partition coefficient (Wildman–Crippen LogP) is 4.26. The zero-order chi connectivity index (χ0) is 26.8. The second kappa shape index (κ2) is 9.35. The number of carbonyl (C=O) groups is 2. The molecule has 5 fully saturated rings. The van der Waals surface area contributed by atoms with Crippen molar-refractivity contribution >= 4 is 33.4 Å². The van der Waals surface area contributed by atoms with Gasteiger partial charge in [0.2, 0.25) is 21.8 Å². The maximum atomic E-state index is 13.7. The number of primary amides is 1. The maximum Gasteiger partial charge on any atom is 0.243 e. The molecule has 0 aliphatic heterocycles. The molecule has 5 saturated carbocycles. The van der Waals surface area contributed by atoms with E-state index in [4.69, 9.17) is 17.3 Å². The van der Waals surface area contributed by atoms with Crippen LogP contribution in [0.15, 0.2) is 47.4 Å². The molecule has 4 bridgehead atoms. The quantitative estimate of drug-likeness (QED) is 0.507. The van der Waals surface area contributed by atoms with Gasteiger partial charge in [-0.15, -0.1) is 0 Å². The first-order chi connectivity index (χ1) is 18.1. The molecule has 0 aromatic heterocycles. The van der Waals surface area contributed by atoms with Gasteiger partial charge in [-0.2, -0.15) is 4.31 Å². The first-order valence-corrected chi connectivity index (χ1v) is 15.4. The van der Waals surface area contributed by atoms with E-state index >= 15 is 0 Å². The van der Waals surface area contributed by atoms with E-state index in [0.717, 1.165) is 61.6 Å². The molecule has 2 aromatic carbocycles. The zero-order valence-electron chi connectivity index (χ0n) is 21.5. The number of sulfonamides is 1. The van der Waals surface area contributed by atoms with Crippen molar-refractivity contribution in [1.29, 1.82) is 0 Å². The maximum absolute atomic E-state index is 13.7. The fraction of sp³-hybridized carbons (Fsp3) is 0.517. The van der Waals surface area contributed by atoms with Crippen molar-refractivity contribution in [2.45, 2.75) is 68.8 Å². The molecule has 38 heavy (non-hydrogen) atoms. The monoisotopic (exact) mass is 555 g/mol. The third-order valence-electron chi connectivity index (χ3n) is 9.34. The number of hydrogen-bond acceptors (Lipinski definition) is 4. The molecule has 202 valence electrons. The Labute approximate surface area is 229 Å². The smallest absolute Gasteiger partial charge is 0.243 e. The van der Waals surface area contributed by atoms with Gasteiger partial charge in [0, 0.05) is 22.5 Å². The molecule has 5 aliphatic rings. The Hall–Kier alpha value is -2.42. The molecular formula is C29H34ClN3O4S. The van der Waals surface area contributed by atoms with Gasteiger partial charge in [0.05, 0.1) is 11.4 Å². The summed E-state index contributed by atoms with van der Waals surface area (Å²) in [5.41, 5.74) is 8.12.